The van der Waals surface area contributed by atoms with E-state index in [-0.39, 0.29) is 5.92 Å². The van der Waals surface area contributed by atoms with E-state index in [1.54, 1.807) is 0 Å². The van der Waals surface area contributed by atoms with Crippen molar-refractivity contribution < 1.29 is 9.28 Å². The molecule has 2 saturated heterocycles. The number of rotatable bonds is 9. The fraction of sp³-hybridized carbons (Fsp3) is 0.759. The van der Waals surface area contributed by atoms with Crippen LogP contribution in [0.5, 0.6) is 0 Å². The van der Waals surface area contributed by atoms with Crippen molar-refractivity contribution in [1.82, 2.24) is 10.2 Å². The molecular weight excluding hydrogens is 456 g/mol. The Labute approximate surface area is 218 Å². The van der Waals surface area contributed by atoms with Crippen molar-refractivity contribution in [3.05, 3.63) is 28.3 Å². The number of carbonyl (C=O) groups excluding carboxylic acids is 1. The highest BCUT2D eigenvalue weighted by atomic mass is 35.5. The molecule has 2 heterocycles. The molecule has 1 aliphatic carbocycles. The molecule has 4 rings (SSSR count). The van der Waals surface area contributed by atoms with Crippen LogP contribution in [-0.4, -0.2) is 74.2 Å². The molecule has 0 spiro atoms. The van der Waals surface area contributed by atoms with Crippen LogP contribution in [0.25, 0.3) is 0 Å². The molecule has 6 heteroatoms. The first kappa shape index (κ1) is 26.9. The average molecular weight is 504 g/mol. The molecule has 0 aromatic heterocycles. The van der Waals surface area contributed by atoms with Gasteiger partial charge >= 0.3 is 5.91 Å². The highest BCUT2D eigenvalue weighted by Crippen LogP contribution is 2.35. The number of nitrogens with zero attached hydrogens (tertiary/aromatic N) is 3. The van der Waals surface area contributed by atoms with E-state index in [0.29, 0.717) is 28.4 Å². The zero-order valence-electron chi connectivity index (χ0n) is 22.9. The quantitative estimate of drug-likeness (QED) is 0.476. The Kier molecular flexibility index (Phi) is 8.52. The minimum absolute atomic E-state index is 0.0682. The summed E-state index contributed by atoms with van der Waals surface area (Å²) in [6.07, 6.45) is 6.41. The molecule has 35 heavy (non-hydrogen) atoms. The van der Waals surface area contributed by atoms with Crippen LogP contribution in [-0.2, 0) is 11.3 Å². The summed E-state index contributed by atoms with van der Waals surface area (Å²) in [5, 5.41) is 4.44. The zero-order valence-corrected chi connectivity index (χ0v) is 23.7. The summed E-state index contributed by atoms with van der Waals surface area (Å²) in [5.74, 6) is 1.84. The van der Waals surface area contributed by atoms with Crippen molar-refractivity contribution in [3.63, 3.8) is 0 Å². The molecule has 1 amide bonds. The van der Waals surface area contributed by atoms with E-state index < -0.39 is 0 Å². The summed E-state index contributed by atoms with van der Waals surface area (Å²) in [5.41, 5.74) is 3.79. The summed E-state index contributed by atoms with van der Waals surface area (Å²) in [4.78, 5) is 18.5. The highest BCUT2D eigenvalue weighted by molar-refractivity contribution is 6.31. The second-order valence-electron chi connectivity index (χ2n) is 12.0. The Morgan fingerprint density at radius 2 is 1.86 bits per heavy atom. The van der Waals surface area contributed by atoms with E-state index in [0.717, 1.165) is 37.0 Å². The number of quaternary nitrogens is 1. The zero-order chi connectivity index (χ0) is 25.3. The van der Waals surface area contributed by atoms with Crippen LogP contribution in [0, 0.1) is 24.7 Å². The van der Waals surface area contributed by atoms with Crippen molar-refractivity contribution in [2.75, 3.05) is 51.7 Å². The van der Waals surface area contributed by atoms with Gasteiger partial charge in [-0.2, -0.15) is 0 Å². The molecule has 4 unspecified atom stereocenters. The molecule has 4 atom stereocenters. The van der Waals surface area contributed by atoms with E-state index in [9.17, 15) is 4.79 Å². The van der Waals surface area contributed by atoms with Crippen LogP contribution >= 0.6 is 11.6 Å². The summed E-state index contributed by atoms with van der Waals surface area (Å²) in [7, 11) is 4.36. The molecule has 0 bridgehead atoms. The molecule has 3 aliphatic rings. The fourth-order valence-electron chi connectivity index (χ4n) is 6.51. The number of anilines is 1. The van der Waals surface area contributed by atoms with Crippen molar-refractivity contribution in [1.29, 1.82) is 0 Å². The SMILES string of the molecule is CC[N+]1(C)C(=O)C(CNCc2cc(Cl)cc(N(C)C3CCN(CC4CC4)CC3)c2C)C(C)CC1C. The molecular formula is C29H48ClN4O+. The molecule has 1 aromatic rings. The van der Waals surface area contributed by atoms with Gasteiger partial charge in [0.25, 0.3) is 0 Å². The van der Waals surface area contributed by atoms with Crippen LogP contribution < -0.4 is 10.2 Å². The third kappa shape index (κ3) is 5.89. The number of carbonyl (C=O) groups is 1. The number of benzene rings is 1. The van der Waals surface area contributed by atoms with E-state index in [4.69, 9.17) is 11.6 Å². The first-order valence-electron chi connectivity index (χ1n) is 14.0. The topological polar surface area (TPSA) is 35.6 Å². The summed E-state index contributed by atoms with van der Waals surface area (Å²) >= 11 is 6.62. The molecule has 1 aromatic carbocycles. The van der Waals surface area contributed by atoms with Crippen molar-refractivity contribution in [2.45, 2.75) is 78.4 Å². The first-order chi connectivity index (χ1) is 16.6. The first-order valence-corrected chi connectivity index (χ1v) is 14.4. The number of piperidine rings is 2. The van der Waals surface area contributed by atoms with Gasteiger partial charge in [-0.1, -0.05) is 18.5 Å². The summed E-state index contributed by atoms with van der Waals surface area (Å²) < 4.78 is 0.557. The second kappa shape index (κ2) is 11.1. The van der Waals surface area contributed by atoms with Crippen LogP contribution in [0.2, 0.25) is 5.02 Å². The highest BCUT2D eigenvalue weighted by Gasteiger charge is 2.48. The largest absolute Gasteiger partial charge is 0.371 e. The number of halogens is 1. The molecule has 2 aliphatic heterocycles. The van der Waals surface area contributed by atoms with E-state index >= 15 is 0 Å². The van der Waals surface area contributed by atoms with Gasteiger partial charge in [0.1, 0.15) is 0 Å². The number of amides is 1. The monoisotopic (exact) mass is 503 g/mol. The Balaban J connectivity index is 1.37. The van der Waals surface area contributed by atoms with Gasteiger partial charge in [0.05, 0.1) is 25.6 Å². The molecule has 1 saturated carbocycles. The van der Waals surface area contributed by atoms with Crippen LogP contribution in [0.15, 0.2) is 12.1 Å². The van der Waals surface area contributed by atoms with E-state index in [2.05, 4.69) is 69.0 Å². The Bertz CT molecular complexity index is 895. The number of hydrogen-bond acceptors (Lipinski definition) is 4. The average Bonchev–Trinajstić information content (AvgIpc) is 3.65. The van der Waals surface area contributed by atoms with Gasteiger partial charge in [0, 0.05) is 62.9 Å². The fourth-order valence-corrected chi connectivity index (χ4v) is 6.75. The van der Waals surface area contributed by atoms with Gasteiger partial charge in [-0.25, -0.2) is 4.79 Å². The van der Waals surface area contributed by atoms with Crippen LogP contribution in [0.3, 0.4) is 0 Å². The van der Waals surface area contributed by atoms with Gasteiger partial charge in [0.15, 0.2) is 0 Å². The normalized spacial score (nSPS) is 30.6. The van der Waals surface area contributed by atoms with Crippen molar-refractivity contribution >= 4 is 23.2 Å². The third-order valence-corrected chi connectivity index (χ3v) is 9.90. The Morgan fingerprint density at radius 1 is 1.17 bits per heavy atom. The Morgan fingerprint density at radius 3 is 2.49 bits per heavy atom. The lowest BCUT2D eigenvalue weighted by Gasteiger charge is -2.45. The third-order valence-electron chi connectivity index (χ3n) is 9.68. The van der Waals surface area contributed by atoms with E-state index in [1.165, 1.54) is 62.1 Å². The number of hydrogen-bond donors (Lipinski definition) is 1. The maximum absolute atomic E-state index is 13.4. The van der Waals surface area contributed by atoms with Gasteiger partial charge in [-0.3, -0.25) is 4.48 Å². The molecule has 5 nitrogen and oxygen atoms in total. The van der Waals surface area contributed by atoms with E-state index in [1.807, 2.05) is 0 Å². The van der Waals surface area contributed by atoms with Gasteiger partial charge in [-0.15, -0.1) is 0 Å². The predicted molar refractivity (Wildman–Crippen MR) is 147 cm³/mol. The second-order valence-corrected chi connectivity index (χ2v) is 12.5. The maximum Gasteiger partial charge on any atom is 0.318 e. The van der Waals surface area contributed by atoms with Gasteiger partial charge in [0.2, 0.25) is 0 Å². The van der Waals surface area contributed by atoms with Gasteiger partial charge < -0.3 is 15.1 Å². The lowest BCUT2D eigenvalue weighted by Crippen LogP contribution is -2.63. The minimum atomic E-state index is 0.0682. The summed E-state index contributed by atoms with van der Waals surface area (Å²) in [6, 6.07) is 5.19. The number of likely N-dealkylation sites (tertiary alicyclic amines) is 2. The standard InChI is InChI=1S/C29H48ClN4O/c1-7-34(6)21(3)14-20(2)27(29(34)35)18-31-17-24-15-25(30)16-28(22(24)4)32(5)26-10-12-33(13-11-26)19-23-8-9-23/h15-16,20-21,23,26-27,31H,7-14,17-19H2,1-6H3/q+1. The lowest BCUT2D eigenvalue weighted by molar-refractivity contribution is -0.863. The summed E-state index contributed by atoms with van der Waals surface area (Å²) in [6.45, 7) is 14.9. The lowest BCUT2D eigenvalue weighted by atomic mass is 9.81. The molecule has 3 fully saturated rings. The van der Waals surface area contributed by atoms with Crippen molar-refractivity contribution in [2.24, 2.45) is 17.8 Å². The van der Waals surface area contributed by atoms with Gasteiger partial charge in [-0.05, 0) is 81.5 Å². The van der Waals surface area contributed by atoms with Crippen LogP contribution in [0.4, 0.5) is 5.69 Å². The molecule has 0 radical (unpaired) electrons. The molecule has 196 valence electrons. The maximum atomic E-state index is 13.4. The predicted octanol–water partition coefficient (Wildman–Crippen LogP) is 5.09. The molecule has 1 N–H and O–H groups in total. The van der Waals surface area contributed by atoms with Crippen LogP contribution in [0.1, 0.15) is 64.0 Å². The minimum Gasteiger partial charge on any atom is -0.371 e. The smallest absolute Gasteiger partial charge is 0.318 e. The number of nitrogens with one attached hydrogen (secondary N) is 1. The Hall–Kier alpha value is -1.14. The van der Waals surface area contributed by atoms with Crippen molar-refractivity contribution in [3.8, 4) is 0 Å².